The Bertz CT molecular complexity index is 1160. The highest BCUT2D eigenvalue weighted by Crippen LogP contribution is 2.29. The fourth-order valence-corrected chi connectivity index (χ4v) is 4.79. The maximum atomic E-state index is 13.0. The molecule has 0 aliphatic carbocycles. The molecule has 4 aromatic rings. The second kappa shape index (κ2) is 9.86. The molecule has 0 spiro atoms. The Morgan fingerprint density at radius 1 is 1.10 bits per heavy atom. The molecule has 158 valence electrons. The number of nitrogens with one attached hydrogen (secondary N) is 2. The van der Waals surface area contributed by atoms with Crippen LogP contribution in [0.5, 0.6) is 5.75 Å². The molecule has 11 heteroatoms. The van der Waals surface area contributed by atoms with Crippen LogP contribution < -0.4 is 15.4 Å². The second-order valence-electron chi connectivity index (χ2n) is 6.11. The van der Waals surface area contributed by atoms with Crippen LogP contribution in [0.4, 0.5) is 20.3 Å². The van der Waals surface area contributed by atoms with Crippen LogP contribution in [-0.2, 0) is 4.79 Å². The minimum absolute atomic E-state index is 0.183. The lowest BCUT2D eigenvalue weighted by atomic mass is 10.2. The van der Waals surface area contributed by atoms with Gasteiger partial charge in [0.25, 0.3) is 0 Å². The number of ether oxygens (including phenoxy) is 1. The van der Waals surface area contributed by atoms with Crippen LogP contribution in [0.1, 0.15) is 0 Å². The quantitative estimate of drug-likeness (QED) is 0.336. The summed E-state index contributed by atoms with van der Waals surface area (Å²) in [7, 11) is 1.62. The van der Waals surface area contributed by atoms with E-state index in [2.05, 4.69) is 25.8 Å². The second-order valence-corrected chi connectivity index (χ2v) is 9.17. The smallest absolute Gasteiger partial charge is 0.236 e. The molecule has 2 N–H and O–H groups in total. The number of hydrogen-bond acceptors (Lipinski definition) is 9. The zero-order chi connectivity index (χ0) is 21.6. The molecule has 7 nitrogen and oxygen atoms in total. The lowest BCUT2D eigenvalue weighted by Crippen LogP contribution is -2.13. The van der Waals surface area contributed by atoms with Crippen molar-refractivity contribution in [3.05, 3.63) is 59.7 Å². The highest BCUT2D eigenvalue weighted by atomic mass is 32.2. The summed E-state index contributed by atoms with van der Waals surface area (Å²) in [5, 5.41) is 17.1. The molecule has 0 radical (unpaired) electrons. The van der Waals surface area contributed by atoms with E-state index >= 15 is 0 Å². The standard InChI is InChI=1S/C20H16FN5O2S3/c1-28-15-8-6-14(7-9-15)22-19-25-26-20(31-19)30-11-17(27)24-18-23-16(10-29-18)12-2-4-13(21)5-3-12/h2-10H,11H2,1H3,(H,22,25)(H,23,24,27). The number of nitrogens with zero attached hydrogens (tertiary/aromatic N) is 3. The van der Waals surface area contributed by atoms with Gasteiger partial charge in [-0.15, -0.1) is 21.5 Å². The van der Waals surface area contributed by atoms with E-state index in [1.807, 2.05) is 29.6 Å². The molecular weight excluding hydrogens is 457 g/mol. The molecule has 0 saturated carbocycles. The van der Waals surface area contributed by atoms with Crippen LogP contribution in [0.25, 0.3) is 11.3 Å². The van der Waals surface area contributed by atoms with Gasteiger partial charge in [-0.2, -0.15) is 0 Å². The Balaban J connectivity index is 1.28. The zero-order valence-corrected chi connectivity index (χ0v) is 18.6. The highest BCUT2D eigenvalue weighted by Gasteiger charge is 2.11. The van der Waals surface area contributed by atoms with E-state index in [1.54, 1.807) is 19.2 Å². The number of halogens is 1. The van der Waals surface area contributed by atoms with E-state index in [0.29, 0.717) is 20.3 Å². The van der Waals surface area contributed by atoms with E-state index in [0.717, 1.165) is 17.0 Å². The average molecular weight is 474 g/mol. The maximum Gasteiger partial charge on any atom is 0.236 e. The Kier molecular flexibility index (Phi) is 6.75. The molecule has 2 aromatic heterocycles. The van der Waals surface area contributed by atoms with E-state index in [1.165, 1.54) is 46.6 Å². The van der Waals surface area contributed by atoms with Crippen molar-refractivity contribution in [1.29, 1.82) is 0 Å². The number of benzene rings is 2. The first-order valence-corrected chi connectivity index (χ1v) is 11.7. The molecule has 0 fully saturated rings. The van der Waals surface area contributed by atoms with Crippen molar-refractivity contribution in [3.8, 4) is 17.0 Å². The third-order valence-corrected chi connectivity index (χ3v) is 6.69. The lowest BCUT2D eigenvalue weighted by Gasteiger charge is -2.03. The first kappa shape index (κ1) is 21.2. The molecule has 0 bridgehead atoms. The molecule has 0 unspecified atom stereocenters. The van der Waals surface area contributed by atoms with E-state index in [9.17, 15) is 9.18 Å². The van der Waals surface area contributed by atoms with Gasteiger partial charge in [0.1, 0.15) is 11.6 Å². The van der Waals surface area contributed by atoms with Crippen molar-refractivity contribution in [2.75, 3.05) is 23.5 Å². The van der Waals surface area contributed by atoms with Crippen LogP contribution in [0.15, 0.2) is 58.3 Å². The summed E-state index contributed by atoms with van der Waals surface area (Å²) in [6.45, 7) is 0. The molecule has 0 saturated heterocycles. The Morgan fingerprint density at radius 2 is 1.87 bits per heavy atom. The Hall–Kier alpha value is -3.02. The van der Waals surface area contributed by atoms with Gasteiger partial charge in [-0.3, -0.25) is 4.79 Å². The Labute approximate surface area is 189 Å². The monoisotopic (exact) mass is 473 g/mol. The molecule has 1 amide bonds. The summed E-state index contributed by atoms with van der Waals surface area (Å²) in [6.07, 6.45) is 0. The third-order valence-electron chi connectivity index (χ3n) is 3.97. The predicted octanol–water partition coefficient (Wildman–Crippen LogP) is 5.28. The summed E-state index contributed by atoms with van der Waals surface area (Å²) < 4.78 is 18.9. The van der Waals surface area contributed by atoms with Gasteiger partial charge < -0.3 is 15.4 Å². The van der Waals surface area contributed by atoms with Gasteiger partial charge in [-0.1, -0.05) is 23.1 Å². The number of rotatable bonds is 8. The number of carbonyl (C=O) groups excluding carboxylic acids is 1. The molecule has 0 aliphatic heterocycles. The van der Waals surface area contributed by atoms with Gasteiger partial charge in [0.15, 0.2) is 9.47 Å². The molecule has 4 rings (SSSR count). The molecular formula is C20H16FN5O2S3. The number of aromatic nitrogens is 3. The van der Waals surface area contributed by atoms with Gasteiger partial charge in [-0.25, -0.2) is 9.37 Å². The summed E-state index contributed by atoms with van der Waals surface area (Å²) in [5.41, 5.74) is 2.34. The molecule has 0 atom stereocenters. The zero-order valence-electron chi connectivity index (χ0n) is 16.2. The van der Waals surface area contributed by atoms with Gasteiger partial charge >= 0.3 is 0 Å². The number of thiazole rings is 1. The predicted molar refractivity (Wildman–Crippen MR) is 123 cm³/mol. The van der Waals surface area contributed by atoms with Crippen molar-refractivity contribution in [3.63, 3.8) is 0 Å². The van der Waals surface area contributed by atoms with E-state index in [-0.39, 0.29) is 17.5 Å². The van der Waals surface area contributed by atoms with Crippen molar-refractivity contribution in [2.45, 2.75) is 4.34 Å². The minimum Gasteiger partial charge on any atom is -0.497 e. The van der Waals surface area contributed by atoms with Crippen LogP contribution in [0.3, 0.4) is 0 Å². The number of thioether (sulfide) groups is 1. The fraction of sp³-hybridized carbons (Fsp3) is 0.100. The molecule has 2 aromatic carbocycles. The van der Waals surface area contributed by atoms with Crippen molar-refractivity contribution in [1.82, 2.24) is 15.2 Å². The maximum absolute atomic E-state index is 13.0. The Morgan fingerprint density at radius 3 is 2.61 bits per heavy atom. The van der Waals surface area contributed by atoms with Gasteiger partial charge in [-0.05, 0) is 48.5 Å². The van der Waals surface area contributed by atoms with Gasteiger partial charge in [0.05, 0.1) is 18.6 Å². The number of amides is 1. The summed E-state index contributed by atoms with van der Waals surface area (Å²) >= 11 is 3.98. The van der Waals surface area contributed by atoms with Crippen LogP contribution in [0.2, 0.25) is 0 Å². The third kappa shape index (κ3) is 5.78. The highest BCUT2D eigenvalue weighted by molar-refractivity contribution is 8.01. The topological polar surface area (TPSA) is 89.0 Å². The number of hydrogen-bond donors (Lipinski definition) is 2. The first-order chi connectivity index (χ1) is 15.1. The van der Waals surface area contributed by atoms with Crippen LogP contribution >= 0.6 is 34.4 Å². The normalized spacial score (nSPS) is 10.6. The minimum atomic E-state index is -0.302. The van der Waals surface area contributed by atoms with Crippen molar-refractivity contribution < 1.29 is 13.9 Å². The number of carbonyl (C=O) groups is 1. The SMILES string of the molecule is COc1ccc(Nc2nnc(SCC(=O)Nc3nc(-c4ccc(F)cc4)cs3)s2)cc1. The first-order valence-electron chi connectivity index (χ1n) is 8.98. The number of anilines is 3. The van der Waals surface area contributed by atoms with Crippen molar-refractivity contribution in [2.24, 2.45) is 0 Å². The molecule has 0 aliphatic rings. The van der Waals surface area contributed by atoms with Gasteiger partial charge in [0.2, 0.25) is 11.0 Å². The number of methoxy groups -OCH3 is 1. The summed E-state index contributed by atoms with van der Waals surface area (Å²) in [6, 6.07) is 13.5. The summed E-state index contributed by atoms with van der Waals surface area (Å²) in [5.74, 6) is 0.464. The average Bonchev–Trinajstić information content (AvgIpc) is 3.43. The fourth-order valence-electron chi connectivity index (χ4n) is 2.48. The molecule has 2 heterocycles. The summed E-state index contributed by atoms with van der Waals surface area (Å²) in [4.78, 5) is 16.6. The molecule has 31 heavy (non-hydrogen) atoms. The largest absolute Gasteiger partial charge is 0.497 e. The van der Waals surface area contributed by atoms with Crippen molar-refractivity contribution >= 4 is 56.3 Å². The van der Waals surface area contributed by atoms with E-state index < -0.39 is 0 Å². The van der Waals surface area contributed by atoms with Crippen LogP contribution in [0, 0.1) is 5.82 Å². The van der Waals surface area contributed by atoms with E-state index in [4.69, 9.17) is 4.74 Å². The van der Waals surface area contributed by atoms with Gasteiger partial charge in [0, 0.05) is 16.6 Å². The lowest BCUT2D eigenvalue weighted by molar-refractivity contribution is -0.113. The van der Waals surface area contributed by atoms with Crippen LogP contribution in [-0.4, -0.2) is 34.0 Å².